The first-order valence-electron chi connectivity index (χ1n) is 5.27. The molecule has 0 amide bonds. The Morgan fingerprint density at radius 3 is 2.44 bits per heavy atom. The van der Waals surface area contributed by atoms with E-state index in [9.17, 15) is 8.42 Å². The summed E-state index contributed by atoms with van der Waals surface area (Å²) in [7, 11) is -3.05. The third-order valence-corrected chi connectivity index (χ3v) is 4.39. The number of phenols is 1. The Morgan fingerprint density at radius 2 is 1.94 bits per heavy atom. The summed E-state index contributed by atoms with van der Waals surface area (Å²) in [6.07, 6.45) is 0.939. The van der Waals surface area contributed by atoms with Gasteiger partial charge in [-0.25, -0.2) is 8.42 Å². The van der Waals surface area contributed by atoms with Crippen LogP contribution in [0.4, 0.5) is 0 Å². The van der Waals surface area contributed by atoms with Crippen LogP contribution >= 0.6 is 0 Å². The van der Waals surface area contributed by atoms with E-state index in [1.807, 2.05) is 0 Å². The molecule has 0 spiro atoms. The Kier molecular flexibility index (Phi) is 3.16. The predicted molar refractivity (Wildman–Crippen MR) is 62.0 cm³/mol. The summed E-state index contributed by atoms with van der Waals surface area (Å²) in [6, 6.07) is 6.42. The van der Waals surface area contributed by atoms with Crippen molar-refractivity contribution in [3.05, 3.63) is 29.8 Å². The number of sulfone groups is 1. The molecule has 1 atom stereocenters. The van der Waals surface area contributed by atoms with Crippen molar-refractivity contribution in [3.63, 3.8) is 0 Å². The fraction of sp³-hybridized carbons (Fsp3) is 0.455. The lowest BCUT2D eigenvalue weighted by molar-refractivity contribution is 0.398. The van der Waals surface area contributed by atoms with Gasteiger partial charge < -0.3 is 10.4 Å². The van der Waals surface area contributed by atoms with Crippen LogP contribution in [0.2, 0.25) is 0 Å². The average molecular weight is 241 g/mol. The minimum atomic E-state index is -3.05. The third kappa shape index (κ3) is 2.96. The number of benzene rings is 1. The summed E-state index contributed by atoms with van der Waals surface area (Å²) < 4.78 is 23.6. The van der Waals surface area contributed by atoms with Gasteiger partial charge in [-0.3, -0.25) is 0 Å². The van der Waals surface area contributed by atoms with E-state index in [1.165, 1.54) is 12.1 Å². The molecule has 1 aromatic carbocycles. The van der Waals surface area contributed by atoms with Gasteiger partial charge in [0.1, 0.15) is 5.75 Å². The Bertz CT molecular complexity index is 449. The third-order valence-electron chi connectivity index (χ3n) is 2.70. The maximum Gasteiger partial charge on any atom is 0.155 e. The van der Waals surface area contributed by atoms with Crippen LogP contribution in [-0.4, -0.2) is 31.9 Å². The van der Waals surface area contributed by atoms with Gasteiger partial charge in [0.05, 0.1) is 11.5 Å². The number of aromatic hydroxyl groups is 1. The molecule has 1 heterocycles. The quantitative estimate of drug-likeness (QED) is 0.813. The molecule has 1 aromatic rings. The Hall–Kier alpha value is -1.07. The van der Waals surface area contributed by atoms with Crippen LogP contribution in [0, 0.1) is 0 Å². The summed E-state index contributed by atoms with van der Waals surface area (Å²) in [4.78, 5) is 0. The van der Waals surface area contributed by atoms with E-state index in [0.29, 0.717) is 0 Å². The molecule has 0 bridgehead atoms. The topological polar surface area (TPSA) is 66.4 Å². The van der Waals surface area contributed by atoms with E-state index >= 15 is 0 Å². The molecule has 5 heteroatoms. The van der Waals surface area contributed by atoms with E-state index in [-0.39, 0.29) is 23.3 Å². The monoisotopic (exact) mass is 241 g/mol. The maximum absolute atomic E-state index is 11.8. The first kappa shape index (κ1) is 11.4. The molecule has 2 rings (SSSR count). The van der Waals surface area contributed by atoms with Crippen LogP contribution in [0.5, 0.6) is 5.75 Å². The molecule has 4 nitrogen and oxygen atoms in total. The molecule has 0 saturated carbocycles. The Balaban J connectivity index is 1.99. The fourth-order valence-corrected chi connectivity index (χ4v) is 3.42. The minimum absolute atomic E-state index is 0.0471. The minimum Gasteiger partial charge on any atom is -0.508 e. The summed E-state index contributed by atoms with van der Waals surface area (Å²) in [5.41, 5.74) is 0.720. The van der Waals surface area contributed by atoms with Crippen LogP contribution < -0.4 is 5.32 Å². The highest BCUT2D eigenvalue weighted by atomic mass is 32.2. The van der Waals surface area contributed by atoms with Crippen molar-refractivity contribution in [1.29, 1.82) is 0 Å². The zero-order valence-electron chi connectivity index (χ0n) is 8.89. The van der Waals surface area contributed by atoms with Crippen molar-refractivity contribution in [2.75, 3.05) is 12.3 Å². The zero-order valence-corrected chi connectivity index (χ0v) is 9.70. The van der Waals surface area contributed by atoms with Crippen molar-refractivity contribution in [2.24, 2.45) is 0 Å². The average Bonchev–Trinajstić information content (AvgIpc) is 2.16. The SMILES string of the molecule is O=S(=O)(Cc1ccc(O)cc1)CC1CCN1. The van der Waals surface area contributed by atoms with E-state index in [0.717, 1.165) is 18.5 Å². The number of hydrogen-bond donors (Lipinski definition) is 2. The highest BCUT2D eigenvalue weighted by Crippen LogP contribution is 2.14. The molecule has 1 aliphatic heterocycles. The van der Waals surface area contributed by atoms with Crippen molar-refractivity contribution in [2.45, 2.75) is 18.2 Å². The van der Waals surface area contributed by atoms with Gasteiger partial charge in [-0.15, -0.1) is 0 Å². The molecule has 88 valence electrons. The van der Waals surface area contributed by atoms with Gasteiger partial charge >= 0.3 is 0 Å². The van der Waals surface area contributed by atoms with Crippen LogP contribution in [0.25, 0.3) is 0 Å². The molecular weight excluding hydrogens is 226 g/mol. The molecular formula is C11H15NO3S. The van der Waals surface area contributed by atoms with Gasteiger partial charge in [0.2, 0.25) is 0 Å². The summed E-state index contributed by atoms with van der Waals surface area (Å²) in [5.74, 6) is 0.404. The lowest BCUT2D eigenvalue weighted by Crippen LogP contribution is -2.47. The predicted octanol–water partition coefficient (Wildman–Crippen LogP) is 0.669. The van der Waals surface area contributed by atoms with Crippen LogP contribution in [-0.2, 0) is 15.6 Å². The van der Waals surface area contributed by atoms with Gasteiger partial charge in [-0.05, 0) is 30.7 Å². The Labute approximate surface area is 95.2 Å². The summed E-state index contributed by atoms with van der Waals surface area (Å²) in [5, 5.41) is 12.2. The number of rotatable bonds is 4. The second-order valence-corrected chi connectivity index (χ2v) is 6.27. The highest BCUT2D eigenvalue weighted by molar-refractivity contribution is 7.90. The summed E-state index contributed by atoms with van der Waals surface area (Å²) >= 11 is 0. The zero-order chi connectivity index (χ0) is 11.6. The lowest BCUT2D eigenvalue weighted by Gasteiger charge is -2.27. The van der Waals surface area contributed by atoms with E-state index in [1.54, 1.807) is 12.1 Å². The smallest absolute Gasteiger partial charge is 0.155 e. The fourth-order valence-electron chi connectivity index (χ4n) is 1.70. The molecule has 1 aliphatic rings. The standard InChI is InChI=1S/C11H15NO3S/c13-11-3-1-9(2-4-11)7-16(14,15)8-10-5-6-12-10/h1-4,10,12-13H,5-8H2. The lowest BCUT2D eigenvalue weighted by atomic mass is 10.1. The molecule has 16 heavy (non-hydrogen) atoms. The molecule has 2 N–H and O–H groups in total. The molecule has 0 aliphatic carbocycles. The molecule has 0 radical (unpaired) electrons. The molecule has 1 unspecified atom stereocenters. The van der Waals surface area contributed by atoms with E-state index in [2.05, 4.69) is 5.32 Å². The van der Waals surface area contributed by atoms with E-state index in [4.69, 9.17) is 5.11 Å². The first-order valence-corrected chi connectivity index (χ1v) is 7.09. The van der Waals surface area contributed by atoms with Gasteiger partial charge in [-0.1, -0.05) is 12.1 Å². The summed E-state index contributed by atoms with van der Waals surface area (Å²) in [6.45, 7) is 0.916. The van der Waals surface area contributed by atoms with Gasteiger partial charge in [0.15, 0.2) is 9.84 Å². The second-order valence-electron chi connectivity index (χ2n) is 4.16. The number of nitrogens with one attached hydrogen (secondary N) is 1. The molecule has 0 aromatic heterocycles. The van der Waals surface area contributed by atoms with Crippen molar-refractivity contribution in [3.8, 4) is 5.75 Å². The highest BCUT2D eigenvalue weighted by Gasteiger charge is 2.23. The Morgan fingerprint density at radius 1 is 1.31 bits per heavy atom. The largest absolute Gasteiger partial charge is 0.508 e. The normalized spacial score (nSPS) is 20.4. The molecule has 1 saturated heterocycles. The van der Waals surface area contributed by atoms with Crippen molar-refractivity contribution in [1.82, 2.24) is 5.32 Å². The number of hydrogen-bond acceptors (Lipinski definition) is 4. The van der Waals surface area contributed by atoms with Crippen molar-refractivity contribution < 1.29 is 13.5 Å². The second kappa shape index (κ2) is 4.43. The van der Waals surface area contributed by atoms with Crippen LogP contribution in [0.1, 0.15) is 12.0 Å². The van der Waals surface area contributed by atoms with E-state index < -0.39 is 9.84 Å². The maximum atomic E-state index is 11.8. The van der Waals surface area contributed by atoms with Crippen molar-refractivity contribution >= 4 is 9.84 Å². The van der Waals surface area contributed by atoms with Gasteiger partial charge in [-0.2, -0.15) is 0 Å². The van der Waals surface area contributed by atoms with Gasteiger partial charge in [0, 0.05) is 6.04 Å². The number of phenolic OH excluding ortho intramolecular Hbond substituents is 1. The molecule has 1 fully saturated rings. The first-order chi connectivity index (χ1) is 7.55. The van der Waals surface area contributed by atoms with Crippen LogP contribution in [0.3, 0.4) is 0 Å². The van der Waals surface area contributed by atoms with Crippen LogP contribution in [0.15, 0.2) is 24.3 Å². The van der Waals surface area contributed by atoms with Gasteiger partial charge in [0.25, 0.3) is 0 Å².